The number of rotatable bonds is 7. The van der Waals surface area contributed by atoms with Crippen LogP contribution in [0.15, 0.2) is 46.0 Å². The predicted octanol–water partition coefficient (Wildman–Crippen LogP) is 4.00. The van der Waals surface area contributed by atoms with Crippen LogP contribution in [-0.4, -0.2) is 33.9 Å². The van der Waals surface area contributed by atoms with Gasteiger partial charge in [-0.2, -0.15) is 0 Å². The predicted molar refractivity (Wildman–Crippen MR) is 108 cm³/mol. The van der Waals surface area contributed by atoms with E-state index >= 15 is 0 Å². The van der Waals surface area contributed by atoms with Gasteiger partial charge in [-0.05, 0) is 43.2 Å². The Morgan fingerprint density at radius 3 is 2.69 bits per heavy atom. The van der Waals surface area contributed by atoms with Crippen molar-refractivity contribution in [3.8, 4) is 17.2 Å². The molecule has 9 nitrogen and oxygen atoms in total. The van der Waals surface area contributed by atoms with Crippen LogP contribution < -0.4 is 10.1 Å². The highest BCUT2D eigenvalue weighted by atomic mass is 32.2. The van der Waals surface area contributed by atoms with Gasteiger partial charge in [0, 0.05) is 17.7 Å². The molecule has 3 aromatic rings. The Bertz CT molecular complexity index is 1070. The molecule has 0 aliphatic rings. The average molecular weight is 414 g/mol. The van der Waals surface area contributed by atoms with Gasteiger partial charge in [-0.15, -0.1) is 10.2 Å². The van der Waals surface area contributed by atoms with E-state index in [4.69, 9.17) is 9.15 Å². The first-order valence-electron chi connectivity index (χ1n) is 8.53. The van der Waals surface area contributed by atoms with Crippen LogP contribution in [0.3, 0.4) is 0 Å². The number of thioether (sulfide) groups is 1. The zero-order chi connectivity index (χ0) is 21.0. The number of nitrogens with zero attached hydrogens (tertiary/aromatic N) is 3. The third-order valence-corrected chi connectivity index (χ3v) is 4.97. The van der Waals surface area contributed by atoms with Gasteiger partial charge in [-0.1, -0.05) is 17.8 Å². The van der Waals surface area contributed by atoms with E-state index in [2.05, 4.69) is 15.5 Å². The second-order valence-electron chi connectivity index (χ2n) is 6.15. The summed E-state index contributed by atoms with van der Waals surface area (Å²) in [5.41, 5.74) is 3.15. The van der Waals surface area contributed by atoms with Crippen LogP contribution in [0.2, 0.25) is 0 Å². The molecule has 0 radical (unpaired) electrons. The number of nitro benzene ring substituents is 1. The number of anilines is 1. The Morgan fingerprint density at radius 2 is 2.00 bits per heavy atom. The van der Waals surface area contributed by atoms with Gasteiger partial charge in [-0.3, -0.25) is 14.9 Å². The number of benzene rings is 2. The molecule has 0 bridgehead atoms. The first-order valence-corrected chi connectivity index (χ1v) is 9.52. The maximum atomic E-state index is 12.2. The molecule has 0 fully saturated rings. The first-order chi connectivity index (χ1) is 13.9. The van der Waals surface area contributed by atoms with Crippen molar-refractivity contribution in [2.45, 2.75) is 19.1 Å². The van der Waals surface area contributed by atoms with Crippen LogP contribution in [-0.2, 0) is 4.79 Å². The van der Waals surface area contributed by atoms with E-state index in [0.717, 1.165) is 28.5 Å². The number of hydrogen-bond donors (Lipinski definition) is 1. The summed E-state index contributed by atoms with van der Waals surface area (Å²) in [5.74, 6) is 0.292. The van der Waals surface area contributed by atoms with Crippen molar-refractivity contribution in [1.82, 2.24) is 10.2 Å². The minimum absolute atomic E-state index is 0.0135. The van der Waals surface area contributed by atoms with Gasteiger partial charge in [0.25, 0.3) is 10.9 Å². The topological polar surface area (TPSA) is 120 Å². The van der Waals surface area contributed by atoms with Crippen LogP contribution in [0.5, 0.6) is 5.75 Å². The van der Waals surface area contributed by atoms with Crippen molar-refractivity contribution in [2.24, 2.45) is 0 Å². The van der Waals surface area contributed by atoms with Gasteiger partial charge in [0.1, 0.15) is 5.75 Å². The first kappa shape index (κ1) is 20.3. The fourth-order valence-corrected chi connectivity index (χ4v) is 3.04. The van der Waals surface area contributed by atoms with Crippen LogP contribution >= 0.6 is 11.8 Å². The van der Waals surface area contributed by atoms with Crippen molar-refractivity contribution >= 4 is 29.0 Å². The van der Waals surface area contributed by atoms with Gasteiger partial charge >= 0.3 is 0 Å². The summed E-state index contributed by atoms with van der Waals surface area (Å²) in [6.07, 6.45) is 0. The molecule has 0 unspecified atom stereocenters. The molecule has 0 saturated carbocycles. The highest BCUT2D eigenvalue weighted by molar-refractivity contribution is 7.99. The lowest BCUT2D eigenvalue weighted by Crippen LogP contribution is -2.14. The summed E-state index contributed by atoms with van der Waals surface area (Å²) in [7, 11) is 1.42. The smallest absolute Gasteiger partial charge is 0.277 e. The average Bonchev–Trinajstić information content (AvgIpc) is 3.17. The Balaban J connectivity index is 1.64. The maximum absolute atomic E-state index is 12.2. The lowest BCUT2D eigenvalue weighted by atomic mass is 10.1. The Kier molecular flexibility index (Phi) is 6.13. The third kappa shape index (κ3) is 4.91. The zero-order valence-corrected chi connectivity index (χ0v) is 16.8. The number of ether oxygens (including phenoxy) is 1. The Labute approximate surface area is 170 Å². The highest BCUT2D eigenvalue weighted by Crippen LogP contribution is 2.29. The van der Waals surface area contributed by atoms with Crippen LogP contribution in [0.4, 0.5) is 11.4 Å². The van der Waals surface area contributed by atoms with Crippen LogP contribution in [0, 0.1) is 24.0 Å². The van der Waals surface area contributed by atoms with Crippen molar-refractivity contribution in [2.75, 3.05) is 18.2 Å². The van der Waals surface area contributed by atoms with Crippen molar-refractivity contribution in [3.63, 3.8) is 0 Å². The summed E-state index contributed by atoms with van der Waals surface area (Å²) in [6, 6.07) is 9.79. The third-order valence-electron chi connectivity index (χ3n) is 4.16. The van der Waals surface area contributed by atoms with E-state index in [1.165, 1.54) is 25.3 Å². The summed E-state index contributed by atoms with van der Waals surface area (Å²) >= 11 is 1.07. The molecule has 2 aromatic carbocycles. The fourth-order valence-electron chi connectivity index (χ4n) is 2.48. The second kappa shape index (κ2) is 8.74. The molecule has 3 rings (SSSR count). The number of amides is 1. The molecular weight excluding hydrogens is 396 g/mol. The summed E-state index contributed by atoms with van der Waals surface area (Å²) in [6.45, 7) is 4.01. The number of aryl methyl sites for hydroxylation is 2. The van der Waals surface area contributed by atoms with E-state index in [1.807, 2.05) is 32.0 Å². The van der Waals surface area contributed by atoms with E-state index in [-0.39, 0.29) is 28.3 Å². The zero-order valence-electron chi connectivity index (χ0n) is 16.0. The largest absolute Gasteiger partial charge is 0.495 e. The number of hydrogen-bond acceptors (Lipinski definition) is 8. The maximum Gasteiger partial charge on any atom is 0.277 e. The monoisotopic (exact) mass is 414 g/mol. The minimum Gasteiger partial charge on any atom is -0.495 e. The minimum atomic E-state index is -0.545. The van der Waals surface area contributed by atoms with E-state index in [9.17, 15) is 14.9 Å². The quantitative estimate of drug-likeness (QED) is 0.350. The summed E-state index contributed by atoms with van der Waals surface area (Å²) < 4.78 is 10.7. The molecule has 1 N–H and O–H groups in total. The number of aromatic nitrogens is 2. The SMILES string of the molecule is COc1ccc([N+](=O)[O-])cc1NC(=O)CSc1nnc(-c2ccc(C)c(C)c2)o1. The lowest BCUT2D eigenvalue weighted by molar-refractivity contribution is -0.384. The number of non-ortho nitro benzene ring substituents is 1. The van der Waals surface area contributed by atoms with E-state index < -0.39 is 4.92 Å². The normalized spacial score (nSPS) is 10.6. The number of carbonyl (C=O) groups excluding carboxylic acids is 1. The van der Waals surface area contributed by atoms with Gasteiger partial charge in [0.2, 0.25) is 11.8 Å². The molecule has 1 amide bonds. The molecule has 0 aliphatic heterocycles. The Hall–Kier alpha value is -3.40. The standard InChI is InChI=1S/C19H18N4O5S/c1-11-4-5-13(8-12(11)2)18-21-22-19(28-18)29-10-17(24)20-15-9-14(23(25)26)6-7-16(15)27-3/h4-9H,10H2,1-3H3,(H,20,24). The molecule has 1 heterocycles. The summed E-state index contributed by atoms with van der Waals surface area (Å²) in [5, 5.41) is 21.7. The van der Waals surface area contributed by atoms with E-state index in [0.29, 0.717) is 11.6 Å². The molecule has 29 heavy (non-hydrogen) atoms. The lowest BCUT2D eigenvalue weighted by Gasteiger charge is -2.09. The van der Waals surface area contributed by atoms with Crippen LogP contribution in [0.1, 0.15) is 11.1 Å². The van der Waals surface area contributed by atoms with Gasteiger partial charge in [0.15, 0.2) is 0 Å². The van der Waals surface area contributed by atoms with E-state index in [1.54, 1.807) is 0 Å². The van der Waals surface area contributed by atoms with Gasteiger partial charge in [-0.25, -0.2) is 0 Å². The molecule has 0 aliphatic carbocycles. The number of carbonyl (C=O) groups is 1. The van der Waals surface area contributed by atoms with Gasteiger partial charge < -0.3 is 14.5 Å². The summed E-state index contributed by atoms with van der Waals surface area (Å²) in [4.78, 5) is 22.6. The molecule has 0 atom stereocenters. The highest BCUT2D eigenvalue weighted by Gasteiger charge is 2.16. The van der Waals surface area contributed by atoms with Crippen molar-refractivity contribution in [1.29, 1.82) is 0 Å². The van der Waals surface area contributed by atoms with Crippen molar-refractivity contribution < 1.29 is 18.9 Å². The molecule has 10 heteroatoms. The van der Waals surface area contributed by atoms with Gasteiger partial charge in [0.05, 0.1) is 23.5 Å². The molecule has 0 saturated heterocycles. The second-order valence-corrected chi connectivity index (χ2v) is 7.08. The molecule has 0 spiro atoms. The number of methoxy groups -OCH3 is 1. The molecule has 1 aromatic heterocycles. The van der Waals surface area contributed by atoms with Crippen LogP contribution in [0.25, 0.3) is 11.5 Å². The molecule has 150 valence electrons. The fraction of sp³-hybridized carbons (Fsp3) is 0.211. The Morgan fingerprint density at radius 1 is 1.21 bits per heavy atom. The van der Waals surface area contributed by atoms with Crippen molar-refractivity contribution in [3.05, 3.63) is 57.6 Å². The molecular formula is C19H18N4O5S. The number of nitrogens with one attached hydrogen (secondary N) is 1. The number of nitro groups is 1.